The Labute approximate surface area is 358 Å². The van der Waals surface area contributed by atoms with Gasteiger partial charge in [0.25, 0.3) is 0 Å². The van der Waals surface area contributed by atoms with Gasteiger partial charge in [-0.05, 0) is 38.5 Å². The summed E-state index contributed by atoms with van der Waals surface area (Å²) in [5, 5.41) is 23.7. The molecular weight excluding hydrogens is 719 g/mol. The number of carbonyl (C=O) groups excluding carboxylic acids is 2. The molecule has 0 saturated heterocycles. The van der Waals surface area contributed by atoms with E-state index in [2.05, 4.69) is 32.2 Å². The van der Waals surface area contributed by atoms with Gasteiger partial charge in [0.2, 0.25) is 5.91 Å². The second-order valence-corrected chi connectivity index (χ2v) is 16.6. The number of amides is 1. The Morgan fingerprint density at radius 3 is 1.34 bits per heavy atom. The molecule has 0 rings (SSSR count). The maximum atomic E-state index is 13.2. The van der Waals surface area contributed by atoms with Gasteiger partial charge in [-0.15, -0.1) is 0 Å². The smallest absolute Gasteiger partial charge is 0.306 e. The molecule has 0 aliphatic carbocycles. The van der Waals surface area contributed by atoms with E-state index in [1.54, 1.807) is 0 Å². The number of esters is 1. The highest BCUT2D eigenvalue weighted by atomic mass is 16.5. The third-order valence-corrected chi connectivity index (χ3v) is 11.0. The van der Waals surface area contributed by atoms with Crippen LogP contribution in [0.5, 0.6) is 0 Å². The molecule has 6 heteroatoms. The molecule has 336 valence electrons. The van der Waals surface area contributed by atoms with E-state index in [0.717, 1.165) is 51.4 Å². The zero-order valence-corrected chi connectivity index (χ0v) is 38.2. The van der Waals surface area contributed by atoms with Crippen molar-refractivity contribution in [3.63, 3.8) is 0 Å². The van der Waals surface area contributed by atoms with Crippen LogP contribution in [0.25, 0.3) is 0 Å². The molecule has 0 heterocycles. The van der Waals surface area contributed by atoms with Crippen molar-refractivity contribution in [2.75, 3.05) is 6.61 Å². The monoisotopic (exact) mass is 812 g/mol. The minimum absolute atomic E-state index is 0.0496. The van der Waals surface area contributed by atoms with Crippen molar-refractivity contribution in [2.45, 2.75) is 251 Å². The predicted octanol–water partition coefficient (Wildman–Crippen LogP) is 14.5. The number of rotatable bonds is 43. The van der Waals surface area contributed by atoms with Crippen molar-refractivity contribution >= 4 is 11.9 Å². The van der Waals surface area contributed by atoms with Crippen LogP contribution in [0.2, 0.25) is 0 Å². The van der Waals surface area contributed by atoms with Crippen molar-refractivity contribution in [1.29, 1.82) is 0 Å². The number of carbonyl (C=O) groups is 2. The highest BCUT2D eigenvalue weighted by Crippen LogP contribution is 2.18. The zero-order chi connectivity index (χ0) is 42.4. The molecular formula is C52H93NO5. The highest BCUT2D eigenvalue weighted by Gasteiger charge is 2.24. The number of allylic oxidation sites excluding steroid dienone is 10. The number of ether oxygens (including phenoxy) is 1. The average molecular weight is 812 g/mol. The summed E-state index contributed by atoms with van der Waals surface area (Å²) in [7, 11) is 0. The van der Waals surface area contributed by atoms with Gasteiger partial charge in [0.1, 0.15) is 6.10 Å². The SMILES string of the molecule is CC/C=C/C=C/C=C\C=C/C=C/CCCC(=O)OC(CCCCCCCCCCCCC)CC(=O)NC(CO)C(O)CCCCCCCCCCCCCCCCC. The maximum absolute atomic E-state index is 13.2. The van der Waals surface area contributed by atoms with Crippen molar-refractivity contribution in [1.82, 2.24) is 5.32 Å². The van der Waals surface area contributed by atoms with Gasteiger partial charge in [0, 0.05) is 6.42 Å². The van der Waals surface area contributed by atoms with Crippen LogP contribution in [0, 0.1) is 0 Å². The molecule has 0 spiro atoms. The van der Waals surface area contributed by atoms with Crippen LogP contribution in [-0.4, -0.2) is 46.9 Å². The first-order chi connectivity index (χ1) is 28.5. The summed E-state index contributed by atoms with van der Waals surface area (Å²) in [6.07, 6.45) is 55.7. The van der Waals surface area contributed by atoms with Gasteiger partial charge in [-0.25, -0.2) is 0 Å². The summed E-state index contributed by atoms with van der Waals surface area (Å²) in [6.45, 7) is 6.32. The molecule has 0 bridgehead atoms. The predicted molar refractivity (Wildman–Crippen MR) is 250 cm³/mol. The lowest BCUT2D eigenvalue weighted by Gasteiger charge is -2.24. The van der Waals surface area contributed by atoms with E-state index >= 15 is 0 Å². The van der Waals surface area contributed by atoms with E-state index in [9.17, 15) is 19.8 Å². The minimum atomic E-state index is -0.799. The third-order valence-electron chi connectivity index (χ3n) is 11.0. The second kappa shape index (κ2) is 45.6. The van der Waals surface area contributed by atoms with Crippen LogP contribution < -0.4 is 5.32 Å². The first-order valence-electron chi connectivity index (χ1n) is 24.6. The fraction of sp³-hybridized carbons (Fsp3) is 0.769. The van der Waals surface area contributed by atoms with Crippen LogP contribution in [0.3, 0.4) is 0 Å². The molecule has 0 aromatic rings. The van der Waals surface area contributed by atoms with Crippen molar-refractivity contribution < 1.29 is 24.5 Å². The Bertz CT molecular complexity index is 1050. The molecule has 6 nitrogen and oxygen atoms in total. The lowest BCUT2D eigenvalue weighted by Crippen LogP contribution is -2.46. The Balaban J connectivity index is 4.62. The molecule has 0 aromatic heterocycles. The summed E-state index contributed by atoms with van der Waals surface area (Å²) in [4.78, 5) is 26.0. The third kappa shape index (κ3) is 40.3. The molecule has 58 heavy (non-hydrogen) atoms. The van der Waals surface area contributed by atoms with E-state index in [1.165, 1.54) is 128 Å². The molecule has 0 aromatic carbocycles. The maximum Gasteiger partial charge on any atom is 0.306 e. The van der Waals surface area contributed by atoms with Crippen molar-refractivity contribution in [2.24, 2.45) is 0 Å². The number of hydrogen-bond acceptors (Lipinski definition) is 5. The summed E-state index contributed by atoms with van der Waals surface area (Å²) < 4.78 is 5.87. The summed E-state index contributed by atoms with van der Waals surface area (Å²) in [6, 6.07) is -0.715. The Morgan fingerprint density at radius 1 is 0.517 bits per heavy atom. The quantitative estimate of drug-likeness (QED) is 0.0324. The van der Waals surface area contributed by atoms with Gasteiger partial charge in [0.15, 0.2) is 0 Å². The lowest BCUT2D eigenvalue weighted by molar-refractivity contribution is -0.151. The lowest BCUT2D eigenvalue weighted by atomic mass is 10.0. The molecule has 0 saturated carbocycles. The molecule has 0 fully saturated rings. The normalized spacial score (nSPS) is 13.8. The van der Waals surface area contributed by atoms with Crippen LogP contribution in [0.4, 0.5) is 0 Å². The average Bonchev–Trinajstić information content (AvgIpc) is 3.22. The van der Waals surface area contributed by atoms with Crippen LogP contribution in [0.15, 0.2) is 60.8 Å². The van der Waals surface area contributed by atoms with Gasteiger partial charge in [-0.1, -0.05) is 242 Å². The summed E-state index contributed by atoms with van der Waals surface area (Å²) >= 11 is 0. The topological polar surface area (TPSA) is 95.9 Å². The van der Waals surface area contributed by atoms with Crippen LogP contribution in [-0.2, 0) is 14.3 Å². The minimum Gasteiger partial charge on any atom is -0.462 e. The Morgan fingerprint density at radius 2 is 0.914 bits per heavy atom. The van der Waals surface area contributed by atoms with Crippen LogP contribution >= 0.6 is 0 Å². The summed E-state index contributed by atoms with van der Waals surface area (Å²) in [5.41, 5.74) is 0. The first kappa shape index (κ1) is 55.6. The molecule has 3 N–H and O–H groups in total. The number of hydrogen-bond donors (Lipinski definition) is 3. The molecule has 3 unspecified atom stereocenters. The zero-order valence-electron chi connectivity index (χ0n) is 38.2. The van der Waals surface area contributed by atoms with Crippen molar-refractivity contribution in [3.8, 4) is 0 Å². The van der Waals surface area contributed by atoms with Gasteiger partial charge >= 0.3 is 5.97 Å². The number of nitrogens with one attached hydrogen (secondary N) is 1. The van der Waals surface area contributed by atoms with Gasteiger partial charge in [0.05, 0.1) is 25.2 Å². The highest BCUT2D eigenvalue weighted by molar-refractivity contribution is 5.77. The fourth-order valence-corrected chi connectivity index (χ4v) is 7.28. The van der Waals surface area contributed by atoms with Gasteiger partial charge < -0.3 is 20.3 Å². The number of aliphatic hydroxyl groups is 2. The molecule has 1 amide bonds. The second-order valence-electron chi connectivity index (χ2n) is 16.6. The largest absolute Gasteiger partial charge is 0.462 e. The molecule has 0 radical (unpaired) electrons. The summed E-state index contributed by atoms with van der Waals surface area (Å²) in [5.74, 6) is -0.560. The molecule has 0 aliphatic heterocycles. The van der Waals surface area contributed by atoms with E-state index < -0.39 is 18.2 Å². The Kier molecular flexibility index (Phi) is 43.7. The van der Waals surface area contributed by atoms with Crippen molar-refractivity contribution in [3.05, 3.63) is 60.8 Å². The molecule has 3 atom stereocenters. The van der Waals surface area contributed by atoms with E-state index in [4.69, 9.17) is 4.74 Å². The number of aliphatic hydroxyl groups excluding tert-OH is 2. The number of unbranched alkanes of at least 4 members (excludes halogenated alkanes) is 25. The fourth-order valence-electron chi connectivity index (χ4n) is 7.28. The van der Waals surface area contributed by atoms with Gasteiger partial charge in [-0.3, -0.25) is 9.59 Å². The van der Waals surface area contributed by atoms with E-state index in [-0.39, 0.29) is 24.9 Å². The van der Waals surface area contributed by atoms with E-state index in [0.29, 0.717) is 25.7 Å². The van der Waals surface area contributed by atoms with Crippen LogP contribution in [0.1, 0.15) is 233 Å². The first-order valence-corrected chi connectivity index (χ1v) is 24.6. The van der Waals surface area contributed by atoms with E-state index in [1.807, 2.05) is 54.7 Å². The van der Waals surface area contributed by atoms with Gasteiger partial charge in [-0.2, -0.15) is 0 Å². The standard InChI is InChI=1S/C52H93NO5/c1-4-7-10-13-16-19-22-24-25-27-29-32-35-38-41-44-50(55)49(47-54)53-51(56)46-48(43-40-37-34-31-28-21-18-15-12-9-6-3)58-52(57)45-42-39-36-33-30-26-23-20-17-14-11-8-5-2/h8,11,14,17,20,23,26,30,33,36,48-50,54-55H,4-7,9-10,12-13,15-16,18-19,21-22,24-25,27-29,31-32,34-35,37-47H2,1-3H3,(H,53,56)/b11-8+,17-14+,23-20-,30-26-,36-33+. The molecule has 0 aliphatic rings. The Hall–Kier alpha value is -2.44.